The van der Waals surface area contributed by atoms with E-state index in [1.165, 1.54) is 4.88 Å². The van der Waals surface area contributed by atoms with Crippen LogP contribution in [0.5, 0.6) is 0 Å². The molecule has 0 saturated heterocycles. The Balaban J connectivity index is 1.57. The number of hydrogen-bond acceptors (Lipinski definition) is 4. The smallest absolute Gasteiger partial charge is 0.273 e. The molecule has 2 heterocycles. The molecule has 5 heteroatoms. The third-order valence-electron chi connectivity index (χ3n) is 4.06. The Bertz CT molecular complexity index is 863. The molecule has 1 aliphatic carbocycles. The van der Waals surface area contributed by atoms with Gasteiger partial charge >= 0.3 is 0 Å². The van der Waals surface area contributed by atoms with Crippen molar-refractivity contribution >= 4 is 17.2 Å². The summed E-state index contributed by atoms with van der Waals surface area (Å²) in [5.74, 6) is 1.43. The summed E-state index contributed by atoms with van der Waals surface area (Å²) in [5, 5.41) is 2.97. The minimum atomic E-state index is -0.158. The van der Waals surface area contributed by atoms with Crippen LogP contribution in [0.3, 0.4) is 0 Å². The van der Waals surface area contributed by atoms with Gasteiger partial charge in [0.05, 0.1) is 6.54 Å². The molecule has 1 N–H and O–H groups in total. The summed E-state index contributed by atoms with van der Waals surface area (Å²) in [4.78, 5) is 19.5. The highest BCUT2D eigenvalue weighted by atomic mass is 32.1. The van der Waals surface area contributed by atoms with Crippen molar-refractivity contribution in [3.63, 3.8) is 0 Å². The molecule has 1 amide bonds. The Morgan fingerprint density at radius 2 is 2.04 bits per heavy atom. The molecule has 4 nitrogen and oxygen atoms in total. The van der Waals surface area contributed by atoms with Crippen LogP contribution in [0, 0.1) is 6.92 Å². The lowest BCUT2D eigenvalue weighted by Crippen LogP contribution is -2.23. The monoisotopic (exact) mass is 338 g/mol. The molecule has 24 heavy (non-hydrogen) atoms. The van der Waals surface area contributed by atoms with Gasteiger partial charge in [-0.3, -0.25) is 4.79 Å². The van der Waals surface area contributed by atoms with Crippen LogP contribution in [-0.2, 0) is 6.54 Å². The third-order valence-corrected chi connectivity index (χ3v) is 5.06. The maximum Gasteiger partial charge on any atom is 0.273 e. The Morgan fingerprint density at radius 1 is 1.25 bits per heavy atom. The Morgan fingerprint density at radius 3 is 2.71 bits per heavy atom. The van der Waals surface area contributed by atoms with Gasteiger partial charge in [0.2, 0.25) is 5.89 Å². The second-order valence-corrected chi connectivity index (χ2v) is 7.44. The largest absolute Gasteiger partial charge is 0.440 e. The minimum Gasteiger partial charge on any atom is -0.440 e. The molecular weight excluding hydrogens is 320 g/mol. The maximum atomic E-state index is 12.6. The molecule has 0 bridgehead atoms. The Kier molecular flexibility index (Phi) is 3.94. The number of amides is 1. The molecule has 0 unspecified atom stereocenters. The van der Waals surface area contributed by atoms with Crippen molar-refractivity contribution in [2.45, 2.75) is 32.2 Å². The van der Waals surface area contributed by atoms with Crippen LogP contribution in [0.1, 0.15) is 44.8 Å². The van der Waals surface area contributed by atoms with E-state index in [2.05, 4.69) is 23.3 Å². The van der Waals surface area contributed by atoms with E-state index in [0.29, 0.717) is 24.0 Å². The number of thiophene rings is 1. The second kappa shape index (κ2) is 6.24. The number of hydrogen-bond donors (Lipinski definition) is 1. The number of aromatic nitrogens is 1. The summed E-state index contributed by atoms with van der Waals surface area (Å²) in [6.07, 6.45) is 2.13. The van der Waals surface area contributed by atoms with E-state index in [-0.39, 0.29) is 5.91 Å². The van der Waals surface area contributed by atoms with E-state index in [9.17, 15) is 4.79 Å². The highest BCUT2D eigenvalue weighted by molar-refractivity contribution is 7.11. The molecule has 1 aromatic carbocycles. The van der Waals surface area contributed by atoms with Gasteiger partial charge < -0.3 is 9.73 Å². The van der Waals surface area contributed by atoms with Crippen molar-refractivity contribution < 1.29 is 9.21 Å². The second-order valence-electron chi connectivity index (χ2n) is 6.07. The van der Waals surface area contributed by atoms with Gasteiger partial charge in [-0.25, -0.2) is 4.98 Å². The number of nitrogens with zero attached hydrogens (tertiary/aromatic N) is 1. The molecule has 1 saturated carbocycles. The van der Waals surface area contributed by atoms with Gasteiger partial charge in [-0.05, 0) is 44.0 Å². The van der Waals surface area contributed by atoms with Gasteiger partial charge in [0.25, 0.3) is 5.91 Å². The zero-order valence-electron chi connectivity index (χ0n) is 13.4. The minimum absolute atomic E-state index is 0.158. The summed E-state index contributed by atoms with van der Waals surface area (Å²) in [7, 11) is 0. The zero-order chi connectivity index (χ0) is 16.5. The highest BCUT2D eigenvalue weighted by Crippen LogP contribution is 2.43. The van der Waals surface area contributed by atoms with E-state index in [0.717, 1.165) is 29.0 Å². The molecule has 2 aromatic heterocycles. The van der Waals surface area contributed by atoms with Crippen molar-refractivity contribution in [1.82, 2.24) is 10.3 Å². The van der Waals surface area contributed by atoms with Crippen molar-refractivity contribution in [3.05, 3.63) is 63.7 Å². The van der Waals surface area contributed by atoms with E-state index in [1.807, 2.05) is 36.4 Å². The summed E-state index contributed by atoms with van der Waals surface area (Å²) >= 11 is 1.69. The van der Waals surface area contributed by atoms with Crippen LogP contribution in [0.15, 0.2) is 46.9 Å². The quantitative estimate of drug-likeness (QED) is 0.744. The third kappa shape index (κ3) is 3.12. The fourth-order valence-electron chi connectivity index (χ4n) is 2.65. The Hall–Kier alpha value is -2.40. The van der Waals surface area contributed by atoms with Crippen molar-refractivity contribution in [3.8, 4) is 11.5 Å². The van der Waals surface area contributed by atoms with Crippen LogP contribution in [0.4, 0.5) is 0 Å². The van der Waals surface area contributed by atoms with Gasteiger partial charge in [0, 0.05) is 21.2 Å². The lowest BCUT2D eigenvalue weighted by atomic mass is 10.2. The highest BCUT2D eigenvalue weighted by Gasteiger charge is 2.34. The van der Waals surface area contributed by atoms with Crippen molar-refractivity contribution in [1.29, 1.82) is 0 Å². The fourth-order valence-corrected chi connectivity index (χ4v) is 3.48. The number of nitrogens with one attached hydrogen (secondary N) is 1. The first kappa shape index (κ1) is 15.1. The standard InChI is InChI=1S/C19H18N2O2S/c1-12-7-10-15(24-12)11-20-18(22)16-17(13-8-9-13)23-19(21-16)14-5-3-2-4-6-14/h2-7,10,13H,8-9,11H2,1H3,(H,20,22). The lowest BCUT2D eigenvalue weighted by Gasteiger charge is -2.02. The van der Waals surface area contributed by atoms with Crippen molar-refractivity contribution in [2.75, 3.05) is 0 Å². The van der Waals surface area contributed by atoms with E-state index in [4.69, 9.17) is 4.42 Å². The number of aryl methyl sites for hydroxylation is 1. The predicted molar refractivity (Wildman–Crippen MR) is 94.1 cm³/mol. The van der Waals surface area contributed by atoms with Crippen LogP contribution in [0.2, 0.25) is 0 Å². The van der Waals surface area contributed by atoms with E-state index >= 15 is 0 Å². The van der Waals surface area contributed by atoms with E-state index in [1.54, 1.807) is 11.3 Å². The number of carbonyl (C=O) groups is 1. The molecule has 122 valence electrons. The fraction of sp³-hybridized carbons (Fsp3) is 0.263. The number of carbonyl (C=O) groups excluding carboxylic acids is 1. The van der Waals surface area contributed by atoms with Crippen LogP contribution >= 0.6 is 11.3 Å². The van der Waals surface area contributed by atoms with Gasteiger partial charge in [-0.2, -0.15) is 0 Å². The number of benzene rings is 1. The Labute approximate surface area is 144 Å². The first-order chi connectivity index (χ1) is 11.7. The molecule has 0 spiro atoms. The first-order valence-electron chi connectivity index (χ1n) is 8.10. The average molecular weight is 338 g/mol. The van der Waals surface area contributed by atoms with Crippen LogP contribution in [-0.4, -0.2) is 10.9 Å². The molecule has 3 aromatic rings. The molecule has 1 aliphatic rings. The van der Waals surface area contributed by atoms with Gasteiger partial charge in [-0.15, -0.1) is 11.3 Å². The number of oxazole rings is 1. The predicted octanol–water partition coefficient (Wildman–Crippen LogP) is 4.52. The van der Waals surface area contributed by atoms with Gasteiger partial charge in [0.1, 0.15) is 5.76 Å². The van der Waals surface area contributed by atoms with Crippen LogP contribution < -0.4 is 5.32 Å². The molecule has 0 atom stereocenters. The maximum absolute atomic E-state index is 12.6. The molecular formula is C19H18N2O2S. The van der Waals surface area contributed by atoms with Crippen molar-refractivity contribution in [2.24, 2.45) is 0 Å². The molecule has 0 aliphatic heterocycles. The molecule has 1 fully saturated rings. The molecule has 0 radical (unpaired) electrons. The van der Waals surface area contributed by atoms with Crippen LogP contribution in [0.25, 0.3) is 11.5 Å². The lowest BCUT2D eigenvalue weighted by molar-refractivity contribution is 0.0945. The topological polar surface area (TPSA) is 55.1 Å². The number of rotatable bonds is 5. The zero-order valence-corrected chi connectivity index (χ0v) is 14.2. The summed E-state index contributed by atoms with van der Waals surface area (Å²) in [6.45, 7) is 2.58. The first-order valence-corrected chi connectivity index (χ1v) is 8.92. The summed E-state index contributed by atoms with van der Waals surface area (Å²) < 4.78 is 5.93. The van der Waals surface area contributed by atoms with E-state index < -0.39 is 0 Å². The van der Waals surface area contributed by atoms with Gasteiger partial charge in [0.15, 0.2) is 5.69 Å². The normalized spacial score (nSPS) is 13.9. The SMILES string of the molecule is Cc1ccc(CNC(=O)c2nc(-c3ccccc3)oc2C2CC2)s1. The van der Waals surface area contributed by atoms with Gasteiger partial charge in [-0.1, -0.05) is 18.2 Å². The summed E-state index contributed by atoms with van der Waals surface area (Å²) in [6, 6.07) is 13.8. The average Bonchev–Trinajstić information content (AvgIpc) is 3.21. The summed E-state index contributed by atoms with van der Waals surface area (Å²) in [5.41, 5.74) is 1.33. The molecule has 4 rings (SSSR count).